The highest BCUT2D eigenvalue weighted by Crippen LogP contribution is 2.16. The molecule has 1 aromatic rings. The Hall–Kier alpha value is 0.0500. The minimum absolute atomic E-state index is 0.230. The van der Waals surface area contributed by atoms with Gasteiger partial charge < -0.3 is 4.74 Å². The first-order chi connectivity index (χ1) is 7.99. The minimum Gasteiger partial charge on any atom is -0.383 e. The average molecular weight is 387 g/mol. The summed E-state index contributed by atoms with van der Waals surface area (Å²) in [6.07, 6.45) is 0. The number of alkyl halides is 1. The summed E-state index contributed by atoms with van der Waals surface area (Å²) < 4.78 is 32.3. The van der Waals surface area contributed by atoms with Crippen molar-refractivity contribution in [1.82, 2.24) is 4.72 Å². The number of sulfonamides is 1. The fourth-order valence-corrected chi connectivity index (χ4v) is 3.61. The normalized spacial score (nSPS) is 13.6. The zero-order valence-corrected chi connectivity index (χ0v) is 13.2. The summed E-state index contributed by atoms with van der Waals surface area (Å²) >= 11 is 6.48. The van der Waals surface area contributed by atoms with Gasteiger partial charge >= 0.3 is 0 Å². The second-order valence-corrected chi connectivity index (χ2v) is 6.66. The monoisotopic (exact) mass is 385 g/mol. The molecule has 4 nitrogen and oxygen atoms in total. The molecule has 17 heavy (non-hydrogen) atoms. The summed E-state index contributed by atoms with van der Waals surface area (Å²) in [7, 11) is -1.98. The van der Waals surface area contributed by atoms with Gasteiger partial charge in [-0.15, -0.1) is 0 Å². The van der Waals surface area contributed by atoms with E-state index in [0.717, 1.165) is 4.47 Å². The molecule has 0 aromatic heterocycles. The van der Waals surface area contributed by atoms with Gasteiger partial charge in [-0.2, -0.15) is 0 Å². The van der Waals surface area contributed by atoms with Crippen molar-refractivity contribution in [3.63, 3.8) is 0 Å². The number of methoxy groups -OCH3 is 1. The van der Waals surface area contributed by atoms with Gasteiger partial charge in [0.1, 0.15) is 0 Å². The van der Waals surface area contributed by atoms with Crippen molar-refractivity contribution < 1.29 is 13.2 Å². The highest BCUT2D eigenvalue weighted by Gasteiger charge is 2.19. The van der Waals surface area contributed by atoms with Crippen molar-refractivity contribution >= 4 is 41.9 Å². The Kier molecular flexibility index (Phi) is 6.08. The van der Waals surface area contributed by atoms with Crippen LogP contribution in [0.15, 0.2) is 33.6 Å². The molecule has 0 amide bonds. The van der Waals surface area contributed by atoms with Crippen molar-refractivity contribution in [2.24, 2.45) is 0 Å². The average Bonchev–Trinajstić information content (AvgIpc) is 2.28. The van der Waals surface area contributed by atoms with Crippen molar-refractivity contribution in [2.45, 2.75) is 10.9 Å². The van der Waals surface area contributed by atoms with Crippen molar-refractivity contribution in [3.8, 4) is 0 Å². The minimum atomic E-state index is -3.51. The molecule has 0 radical (unpaired) electrons. The first-order valence-electron chi connectivity index (χ1n) is 4.82. The molecule has 0 aliphatic carbocycles. The maximum atomic E-state index is 12.0. The smallest absolute Gasteiger partial charge is 0.240 e. The lowest BCUT2D eigenvalue weighted by Crippen LogP contribution is -2.39. The number of ether oxygens (including phenoxy) is 1. The van der Waals surface area contributed by atoms with Crippen molar-refractivity contribution in [3.05, 3.63) is 28.7 Å². The topological polar surface area (TPSA) is 55.4 Å². The predicted octanol–water partition coefficient (Wildman–Crippen LogP) is 2.14. The Labute approximate surface area is 118 Å². The van der Waals surface area contributed by atoms with Crippen molar-refractivity contribution in [1.29, 1.82) is 0 Å². The molecule has 0 saturated carbocycles. The van der Waals surface area contributed by atoms with E-state index in [1.807, 2.05) is 0 Å². The Bertz CT molecular complexity index is 464. The lowest BCUT2D eigenvalue weighted by atomic mass is 10.4. The van der Waals surface area contributed by atoms with Crippen LogP contribution in [0, 0.1) is 0 Å². The highest BCUT2D eigenvalue weighted by atomic mass is 79.9. The van der Waals surface area contributed by atoms with Gasteiger partial charge in [-0.1, -0.05) is 37.9 Å². The zero-order valence-electron chi connectivity index (χ0n) is 9.19. The van der Waals surface area contributed by atoms with Crippen LogP contribution in [-0.2, 0) is 14.8 Å². The zero-order chi connectivity index (χ0) is 12.9. The number of halogens is 2. The lowest BCUT2D eigenvalue weighted by molar-refractivity contribution is 0.182. The van der Waals surface area contributed by atoms with Crippen LogP contribution in [0.1, 0.15) is 0 Å². The molecule has 0 spiro atoms. The summed E-state index contributed by atoms with van der Waals surface area (Å²) in [5, 5.41) is 0.494. The van der Waals surface area contributed by atoms with Crippen molar-refractivity contribution in [2.75, 3.05) is 19.0 Å². The second kappa shape index (κ2) is 6.84. The fourth-order valence-electron chi connectivity index (χ4n) is 1.23. The first-order valence-corrected chi connectivity index (χ1v) is 8.22. The first kappa shape index (κ1) is 15.1. The molecule has 1 rings (SSSR count). The molecular formula is C10H13Br2NO3S. The van der Waals surface area contributed by atoms with Gasteiger partial charge in [-0.3, -0.25) is 0 Å². The summed E-state index contributed by atoms with van der Waals surface area (Å²) in [5.41, 5.74) is 0. The molecule has 0 heterocycles. The molecule has 7 heteroatoms. The number of benzene rings is 1. The van der Waals surface area contributed by atoms with Crippen LogP contribution in [0.4, 0.5) is 0 Å². The van der Waals surface area contributed by atoms with Crippen LogP contribution < -0.4 is 4.72 Å². The Morgan fingerprint density at radius 3 is 2.71 bits per heavy atom. The molecule has 0 aliphatic rings. The third kappa shape index (κ3) is 4.67. The molecule has 0 saturated heterocycles. The Morgan fingerprint density at radius 2 is 2.18 bits per heavy atom. The van der Waals surface area contributed by atoms with E-state index in [9.17, 15) is 8.42 Å². The van der Waals surface area contributed by atoms with Gasteiger partial charge in [0.25, 0.3) is 0 Å². The van der Waals surface area contributed by atoms with Crippen LogP contribution >= 0.6 is 31.9 Å². The van der Waals surface area contributed by atoms with E-state index in [2.05, 4.69) is 36.6 Å². The quantitative estimate of drug-likeness (QED) is 0.762. The molecule has 0 bridgehead atoms. The molecule has 1 aromatic carbocycles. The van der Waals surface area contributed by atoms with Crippen LogP contribution in [0.5, 0.6) is 0 Å². The maximum Gasteiger partial charge on any atom is 0.240 e. The molecular weight excluding hydrogens is 374 g/mol. The van der Waals surface area contributed by atoms with E-state index in [0.29, 0.717) is 11.9 Å². The summed E-state index contributed by atoms with van der Waals surface area (Å²) in [5.74, 6) is 0. The van der Waals surface area contributed by atoms with Gasteiger partial charge in [0.05, 0.1) is 17.5 Å². The van der Waals surface area contributed by atoms with Crippen LogP contribution in [0.2, 0.25) is 0 Å². The molecule has 1 atom stereocenters. The Morgan fingerprint density at radius 1 is 1.47 bits per heavy atom. The lowest BCUT2D eigenvalue weighted by Gasteiger charge is -2.15. The highest BCUT2D eigenvalue weighted by molar-refractivity contribution is 9.10. The summed E-state index contributed by atoms with van der Waals surface area (Å²) in [6, 6.07) is 6.27. The number of rotatable bonds is 6. The van der Waals surface area contributed by atoms with E-state index in [1.165, 1.54) is 7.11 Å². The SMILES string of the molecule is COCC(CBr)NS(=O)(=O)c1cccc(Br)c1. The number of hydrogen-bond acceptors (Lipinski definition) is 3. The fraction of sp³-hybridized carbons (Fsp3) is 0.400. The molecule has 0 fully saturated rings. The van der Waals surface area contributed by atoms with Gasteiger partial charge in [-0.05, 0) is 18.2 Å². The third-order valence-corrected chi connectivity index (χ3v) is 4.78. The number of hydrogen-bond donors (Lipinski definition) is 1. The molecule has 96 valence electrons. The Balaban J connectivity index is 2.88. The van der Waals surface area contributed by atoms with E-state index < -0.39 is 10.0 Å². The third-order valence-electron chi connectivity index (χ3n) is 1.98. The van der Waals surface area contributed by atoms with Crippen LogP contribution in [0.25, 0.3) is 0 Å². The summed E-state index contributed by atoms with van der Waals surface area (Å²) in [6.45, 7) is 0.318. The van der Waals surface area contributed by atoms with Gasteiger partial charge in [0.2, 0.25) is 10.0 Å². The van der Waals surface area contributed by atoms with Crippen LogP contribution in [-0.4, -0.2) is 33.5 Å². The van der Waals surface area contributed by atoms with Gasteiger partial charge in [-0.25, -0.2) is 13.1 Å². The van der Waals surface area contributed by atoms with Crippen LogP contribution in [0.3, 0.4) is 0 Å². The van der Waals surface area contributed by atoms with E-state index >= 15 is 0 Å². The largest absolute Gasteiger partial charge is 0.383 e. The molecule has 1 N–H and O–H groups in total. The van der Waals surface area contributed by atoms with Gasteiger partial charge in [0.15, 0.2) is 0 Å². The predicted molar refractivity (Wildman–Crippen MR) is 73.9 cm³/mol. The number of nitrogens with one attached hydrogen (secondary N) is 1. The van der Waals surface area contributed by atoms with Gasteiger partial charge in [0, 0.05) is 16.9 Å². The standard InChI is InChI=1S/C10H13Br2NO3S/c1-16-7-9(6-11)13-17(14,15)10-4-2-3-8(12)5-10/h2-5,9,13H,6-7H2,1H3. The summed E-state index contributed by atoms with van der Waals surface area (Å²) in [4.78, 5) is 0.230. The second-order valence-electron chi connectivity index (χ2n) is 3.39. The van der Waals surface area contributed by atoms with E-state index in [-0.39, 0.29) is 10.9 Å². The molecule has 0 aliphatic heterocycles. The van der Waals surface area contributed by atoms with E-state index in [4.69, 9.17) is 4.74 Å². The maximum absolute atomic E-state index is 12.0. The van der Waals surface area contributed by atoms with E-state index in [1.54, 1.807) is 24.3 Å². The molecule has 1 unspecified atom stereocenters.